The lowest BCUT2D eigenvalue weighted by atomic mass is 10.3. The van der Waals surface area contributed by atoms with E-state index in [9.17, 15) is 4.79 Å². The predicted octanol–water partition coefficient (Wildman–Crippen LogP) is 1.11. The zero-order valence-electron chi connectivity index (χ0n) is 6.63. The quantitative estimate of drug-likeness (QED) is 0.795. The number of rotatable bonds is 3. The largest absolute Gasteiger partial charge is 0.361 e. The minimum Gasteiger partial charge on any atom is -0.361 e. The van der Waals surface area contributed by atoms with E-state index in [-0.39, 0.29) is 5.91 Å². The Balaban J connectivity index is 2.53. The van der Waals surface area contributed by atoms with Gasteiger partial charge in [-0.25, -0.2) is 0 Å². The Hall–Kier alpha value is -0.840. The van der Waals surface area contributed by atoms with E-state index in [0.717, 1.165) is 5.33 Å². The fourth-order valence-electron chi connectivity index (χ4n) is 0.725. The first-order valence-corrected chi connectivity index (χ1v) is 4.63. The molecule has 0 bridgehead atoms. The van der Waals surface area contributed by atoms with Gasteiger partial charge < -0.3 is 9.84 Å². The topological polar surface area (TPSA) is 55.1 Å². The summed E-state index contributed by atoms with van der Waals surface area (Å²) < 4.78 is 4.74. The fourth-order valence-corrected chi connectivity index (χ4v) is 0.923. The zero-order valence-corrected chi connectivity index (χ0v) is 8.22. The lowest BCUT2D eigenvalue weighted by Gasteiger charge is -1.96. The van der Waals surface area contributed by atoms with E-state index in [1.54, 1.807) is 13.0 Å². The van der Waals surface area contributed by atoms with Crippen LogP contribution < -0.4 is 5.32 Å². The van der Waals surface area contributed by atoms with Crippen molar-refractivity contribution in [3.8, 4) is 0 Å². The Morgan fingerprint density at radius 2 is 2.58 bits per heavy atom. The van der Waals surface area contributed by atoms with Gasteiger partial charge in [0.1, 0.15) is 5.76 Å². The predicted molar refractivity (Wildman–Crippen MR) is 47.4 cm³/mol. The van der Waals surface area contributed by atoms with E-state index in [0.29, 0.717) is 18.0 Å². The van der Waals surface area contributed by atoms with Crippen LogP contribution in [0.3, 0.4) is 0 Å². The van der Waals surface area contributed by atoms with Crippen LogP contribution in [-0.4, -0.2) is 22.9 Å². The summed E-state index contributed by atoms with van der Waals surface area (Å²) in [5.74, 6) is 0.435. The van der Waals surface area contributed by atoms with Crippen LogP contribution in [-0.2, 0) is 0 Å². The van der Waals surface area contributed by atoms with Crippen molar-refractivity contribution in [2.45, 2.75) is 6.92 Å². The van der Waals surface area contributed by atoms with E-state index in [1.165, 1.54) is 0 Å². The second-order valence-corrected chi connectivity index (χ2v) is 3.06. The van der Waals surface area contributed by atoms with Crippen molar-refractivity contribution in [2.24, 2.45) is 0 Å². The molecule has 0 unspecified atom stereocenters. The summed E-state index contributed by atoms with van der Waals surface area (Å²) in [5.41, 5.74) is 0.327. The highest BCUT2D eigenvalue weighted by Crippen LogP contribution is 2.00. The molecule has 0 saturated heterocycles. The molecular weight excluding hydrogens is 224 g/mol. The highest BCUT2D eigenvalue weighted by molar-refractivity contribution is 9.09. The van der Waals surface area contributed by atoms with Crippen LogP contribution in [0.4, 0.5) is 0 Å². The van der Waals surface area contributed by atoms with Gasteiger partial charge >= 0.3 is 0 Å². The molecule has 1 aromatic heterocycles. The number of alkyl halides is 1. The van der Waals surface area contributed by atoms with Gasteiger partial charge in [0.15, 0.2) is 5.69 Å². The van der Waals surface area contributed by atoms with E-state index in [1.807, 2.05) is 0 Å². The first kappa shape index (κ1) is 9.25. The van der Waals surface area contributed by atoms with Crippen molar-refractivity contribution < 1.29 is 9.32 Å². The minimum absolute atomic E-state index is 0.202. The third-order valence-corrected chi connectivity index (χ3v) is 1.64. The molecule has 0 aliphatic heterocycles. The average Bonchev–Trinajstić information content (AvgIpc) is 2.47. The molecule has 0 atom stereocenters. The minimum atomic E-state index is -0.202. The Morgan fingerprint density at radius 1 is 1.83 bits per heavy atom. The van der Waals surface area contributed by atoms with Crippen molar-refractivity contribution in [2.75, 3.05) is 11.9 Å². The molecule has 0 aliphatic rings. The summed E-state index contributed by atoms with van der Waals surface area (Å²) in [6, 6.07) is 1.60. The first-order valence-electron chi connectivity index (χ1n) is 3.51. The van der Waals surface area contributed by atoms with Crippen LogP contribution >= 0.6 is 15.9 Å². The van der Waals surface area contributed by atoms with Crippen LogP contribution in [0.1, 0.15) is 16.2 Å². The molecule has 0 aliphatic carbocycles. The van der Waals surface area contributed by atoms with Crippen LogP contribution in [0.5, 0.6) is 0 Å². The molecule has 12 heavy (non-hydrogen) atoms. The SMILES string of the molecule is Cc1cc(C(=O)NCCBr)no1. The number of carbonyl (C=O) groups is 1. The van der Waals surface area contributed by atoms with Gasteiger partial charge in [0.2, 0.25) is 0 Å². The van der Waals surface area contributed by atoms with Gasteiger partial charge in [-0.05, 0) is 6.92 Å². The molecule has 66 valence electrons. The number of carbonyl (C=O) groups excluding carboxylic acids is 1. The standard InChI is InChI=1S/C7H9BrN2O2/c1-5-4-6(10-12-5)7(11)9-3-2-8/h4H,2-3H2,1H3,(H,9,11). The maximum Gasteiger partial charge on any atom is 0.273 e. The summed E-state index contributed by atoms with van der Waals surface area (Å²) in [6.45, 7) is 2.33. The van der Waals surface area contributed by atoms with E-state index < -0.39 is 0 Å². The van der Waals surface area contributed by atoms with E-state index in [4.69, 9.17) is 4.52 Å². The smallest absolute Gasteiger partial charge is 0.273 e. The number of halogens is 1. The van der Waals surface area contributed by atoms with Crippen molar-refractivity contribution in [3.63, 3.8) is 0 Å². The van der Waals surface area contributed by atoms with Crippen molar-refractivity contribution >= 4 is 21.8 Å². The Morgan fingerprint density at radius 3 is 3.08 bits per heavy atom. The van der Waals surface area contributed by atoms with Gasteiger partial charge in [0.05, 0.1) is 0 Å². The van der Waals surface area contributed by atoms with Crippen molar-refractivity contribution in [3.05, 3.63) is 17.5 Å². The number of amides is 1. The van der Waals surface area contributed by atoms with E-state index >= 15 is 0 Å². The first-order chi connectivity index (χ1) is 5.74. The molecule has 0 saturated carbocycles. The number of aryl methyl sites for hydroxylation is 1. The summed E-state index contributed by atoms with van der Waals surface area (Å²) in [4.78, 5) is 11.2. The lowest BCUT2D eigenvalue weighted by molar-refractivity contribution is 0.0947. The van der Waals surface area contributed by atoms with Gasteiger partial charge in [-0.1, -0.05) is 21.1 Å². The lowest BCUT2D eigenvalue weighted by Crippen LogP contribution is -2.25. The normalized spacial score (nSPS) is 9.83. The molecule has 0 aromatic carbocycles. The highest BCUT2D eigenvalue weighted by Gasteiger charge is 2.08. The van der Waals surface area contributed by atoms with Gasteiger partial charge in [0, 0.05) is 17.9 Å². The monoisotopic (exact) mass is 232 g/mol. The van der Waals surface area contributed by atoms with E-state index in [2.05, 4.69) is 26.4 Å². The van der Waals surface area contributed by atoms with Crippen LogP contribution in [0, 0.1) is 6.92 Å². The third kappa shape index (κ3) is 2.34. The Bertz CT molecular complexity index is 272. The van der Waals surface area contributed by atoms with Crippen molar-refractivity contribution in [1.82, 2.24) is 10.5 Å². The van der Waals surface area contributed by atoms with Gasteiger partial charge in [-0.15, -0.1) is 0 Å². The number of aromatic nitrogens is 1. The summed E-state index contributed by atoms with van der Waals surface area (Å²) in [5, 5.41) is 6.95. The van der Waals surface area contributed by atoms with Crippen LogP contribution in [0.2, 0.25) is 0 Å². The molecule has 1 N–H and O–H groups in total. The van der Waals surface area contributed by atoms with Crippen LogP contribution in [0.25, 0.3) is 0 Å². The molecule has 0 fully saturated rings. The molecule has 4 nitrogen and oxygen atoms in total. The number of nitrogens with one attached hydrogen (secondary N) is 1. The maximum atomic E-state index is 11.2. The molecule has 1 aromatic rings. The molecular formula is C7H9BrN2O2. The van der Waals surface area contributed by atoms with Gasteiger partial charge in [0.25, 0.3) is 5.91 Å². The highest BCUT2D eigenvalue weighted by atomic mass is 79.9. The Kier molecular flexibility index (Phi) is 3.28. The summed E-state index contributed by atoms with van der Waals surface area (Å²) >= 11 is 3.20. The number of hydrogen-bond donors (Lipinski definition) is 1. The second kappa shape index (κ2) is 4.25. The molecule has 1 rings (SSSR count). The van der Waals surface area contributed by atoms with Gasteiger partial charge in [-0.3, -0.25) is 4.79 Å². The van der Waals surface area contributed by atoms with Crippen LogP contribution in [0.15, 0.2) is 10.6 Å². The third-order valence-electron chi connectivity index (χ3n) is 1.24. The molecule has 0 radical (unpaired) electrons. The number of nitrogens with zero attached hydrogens (tertiary/aromatic N) is 1. The molecule has 5 heteroatoms. The fraction of sp³-hybridized carbons (Fsp3) is 0.429. The molecule has 1 heterocycles. The average molecular weight is 233 g/mol. The second-order valence-electron chi connectivity index (χ2n) is 2.27. The van der Waals surface area contributed by atoms with Gasteiger partial charge in [-0.2, -0.15) is 0 Å². The van der Waals surface area contributed by atoms with Crippen molar-refractivity contribution in [1.29, 1.82) is 0 Å². The molecule has 1 amide bonds. The summed E-state index contributed by atoms with van der Waals surface area (Å²) in [7, 11) is 0. The summed E-state index contributed by atoms with van der Waals surface area (Å²) in [6.07, 6.45) is 0. The maximum absolute atomic E-state index is 11.2. The zero-order chi connectivity index (χ0) is 8.97. The number of hydrogen-bond acceptors (Lipinski definition) is 3. The Labute approximate surface area is 78.4 Å². The molecule has 0 spiro atoms.